The maximum absolute atomic E-state index is 11.4. The lowest BCUT2D eigenvalue weighted by Crippen LogP contribution is -2.22. The first-order valence-electron chi connectivity index (χ1n) is 3.99. The van der Waals surface area contributed by atoms with Crippen molar-refractivity contribution >= 4 is 38.4 Å². The number of hydrogen-bond donors (Lipinski definition) is 0. The van der Waals surface area contributed by atoms with Crippen LogP contribution in [0.4, 0.5) is 0 Å². The molecule has 4 nitrogen and oxygen atoms in total. The van der Waals surface area contributed by atoms with Crippen molar-refractivity contribution in [2.75, 3.05) is 0 Å². The summed E-state index contributed by atoms with van der Waals surface area (Å²) in [6.45, 7) is 0. The number of rotatable bonds is 0. The van der Waals surface area contributed by atoms with E-state index in [0.29, 0.717) is 15.0 Å². The number of aryl methyl sites for hydroxylation is 1. The summed E-state index contributed by atoms with van der Waals surface area (Å²) in [7, 11) is 1.52. The molecule has 0 aliphatic heterocycles. The molecule has 0 fully saturated rings. The van der Waals surface area contributed by atoms with Crippen LogP contribution >= 0.6 is 27.5 Å². The average molecular weight is 290 g/mol. The second-order valence-electron chi connectivity index (χ2n) is 3.00. The second-order valence-corrected chi connectivity index (χ2v) is 4.29. The van der Waals surface area contributed by atoms with Gasteiger partial charge < -0.3 is 4.42 Å². The second kappa shape index (κ2) is 3.50. The summed E-state index contributed by atoms with van der Waals surface area (Å²) < 4.78 is 6.33. The Bertz CT molecular complexity index is 659. The Balaban J connectivity index is 3.17. The minimum absolute atomic E-state index is 0.275. The summed E-state index contributed by atoms with van der Waals surface area (Å²) >= 11 is 9.03. The van der Waals surface area contributed by atoms with E-state index in [0.717, 1.165) is 0 Å². The van der Waals surface area contributed by atoms with Crippen LogP contribution in [0, 0.1) is 0 Å². The molecule has 0 aliphatic rings. The van der Waals surface area contributed by atoms with Crippen molar-refractivity contribution in [2.45, 2.75) is 0 Å². The van der Waals surface area contributed by atoms with E-state index in [1.807, 2.05) is 0 Å². The lowest BCUT2D eigenvalue weighted by atomic mass is 10.2. The van der Waals surface area contributed by atoms with E-state index in [1.165, 1.54) is 17.7 Å². The van der Waals surface area contributed by atoms with Gasteiger partial charge in [-0.2, -0.15) is 0 Å². The Morgan fingerprint density at radius 1 is 1.40 bits per heavy atom. The number of fused-ring (bicyclic) bond motifs is 1. The smallest absolute Gasteiger partial charge is 0.372 e. The molecule has 0 amide bonds. The summed E-state index contributed by atoms with van der Waals surface area (Å²) in [5, 5.41) is 0.678. The maximum Gasteiger partial charge on any atom is 0.422 e. The van der Waals surface area contributed by atoms with E-state index in [4.69, 9.17) is 11.6 Å². The number of halogens is 2. The minimum Gasteiger partial charge on any atom is -0.372 e. The molecule has 0 radical (unpaired) electrons. The zero-order chi connectivity index (χ0) is 11.2. The molecule has 1 aromatic heterocycles. The molecule has 0 N–H and O–H groups in total. The molecule has 2 rings (SSSR count). The average Bonchev–Trinajstić information content (AvgIpc) is 2.13. The first kappa shape index (κ1) is 10.4. The number of aromatic nitrogens is 1. The van der Waals surface area contributed by atoms with Gasteiger partial charge >= 0.3 is 11.4 Å². The van der Waals surface area contributed by atoms with Gasteiger partial charge in [-0.05, 0) is 28.1 Å². The molecule has 0 spiro atoms. The number of benzene rings is 1. The number of nitrogens with zero attached hydrogens (tertiary/aromatic N) is 1. The van der Waals surface area contributed by atoms with E-state index in [9.17, 15) is 9.59 Å². The largest absolute Gasteiger partial charge is 0.422 e. The van der Waals surface area contributed by atoms with Gasteiger partial charge in [0.25, 0.3) is 0 Å². The zero-order valence-corrected chi connectivity index (χ0v) is 9.92. The third-order valence-electron chi connectivity index (χ3n) is 2.04. The first-order valence-corrected chi connectivity index (χ1v) is 5.16. The topological polar surface area (TPSA) is 52.2 Å². The fourth-order valence-electron chi connectivity index (χ4n) is 1.36. The van der Waals surface area contributed by atoms with Gasteiger partial charge in [0, 0.05) is 16.5 Å². The molecule has 0 unspecified atom stereocenters. The summed E-state index contributed by atoms with van der Waals surface area (Å²) in [5.41, 5.74) is -0.211. The Labute approximate surface area is 97.2 Å². The predicted octanol–water partition coefficient (Wildman–Crippen LogP) is 1.91. The van der Waals surface area contributed by atoms with E-state index in [1.54, 1.807) is 6.07 Å². The van der Waals surface area contributed by atoms with Crippen LogP contribution < -0.4 is 11.4 Å². The summed E-state index contributed by atoms with van der Waals surface area (Å²) in [6.07, 6.45) is 0. The molecule has 6 heteroatoms. The van der Waals surface area contributed by atoms with Gasteiger partial charge in [0.05, 0.1) is 10.9 Å². The molecule has 15 heavy (non-hydrogen) atoms. The van der Waals surface area contributed by atoms with Gasteiger partial charge in [0.15, 0.2) is 0 Å². The molecule has 2 aromatic rings. The van der Waals surface area contributed by atoms with Crippen molar-refractivity contribution in [1.29, 1.82) is 0 Å². The van der Waals surface area contributed by atoms with Crippen molar-refractivity contribution in [1.82, 2.24) is 4.57 Å². The van der Waals surface area contributed by atoms with Gasteiger partial charge in [-0.1, -0.05) is 11.6 Å². The van der Waals surface area contributed by atoms with E-state index in [-0.39, 0.29) is 5.39 Å². The third kappa shape index (κ3) is 1.61. The molecule has 0 aliphatic carbocycles. The highest BCUT2D eigenvalue weighted by Crippen LogP contribution is 2.24. The molecule has 0 bridgehead atoms. The van der Waals surface area contributed by atoms with Gasteiger partial charge in [0.1, 0.15) is 0 Å². The molecule has 78 valence electrons. The van der Waals surface area contributed by atoms with Gasteiger partial charge in [-0.15, -0.1) is 0 Å². The first-order chi connectivity index (χ1) is 7.00. The molecule has 0 saturated carbocycles. The van der Waals surface area contributed by atoms with E-state index in [2.05, 4.69) is 20.3 Å². The lowest BCUT2D eigenvalue weighted by molar-refractivity contribution is 0.432. The predicted molar refractivity (Wildman–Crippen MR) is 60.4 cm³/mol. The SMILES string of the molecule is Cn1c(=O)oc(=O)c2cc(Cl)cc(Br)c21. The fourth-order valence-corrected chi connectivity index (χ4v) is 2.43. The highest BCUT2D eigenvalue weighted by molar-refractivity contribution is 9.10. The van der Waals surface area contributed by atoms with Crippen molar-refractivity contribution in [2.24, 2.45) is 7.05 Å². The molecule has 0 atom stereocenters. The fraction of sp³-hybridized carbons (Fsp3) is 0.111. The Morgan fingerprint density at radius 2 is 2.07 bits per heavy atom. The normalized spacial score (nSPS) is 10.9. The van der Waals surface area contributed by atoms with Gasteiger partial charge in [-0.3, -0.25) is 4.57 Å². The van der Waals surface area contributed by atoms with Crippen LogP contribution in [0.5, 0.6) is 0 Å². The summed E-state index contributed by atoms with van der Waals surface area (Å²) in [4.78, 5) is 22.6. The van der Waals surface area contributed by atoms with Crippen LogP contribution in [0.15, 0.2) is 30.6 Å². The standard InChI is InChI=1S/C9H5BrClNO3/c1-12-7-5(8(13)15-9(12)14)2-4(11)3-6(7)10/h2-3H,1H3. The maximum atomic E-state index is 11.4. The zero-order valence-electron chi connectivity index (χ0n) is 7.58. The third-order valence-corrected chi connectivity index (χ3v) is 2.86. The molecule has 0 saturated heterocycles. The molecular weight excluding hydrogens is 285 g/mol. The van der Waals surface area contributed by atoms with Crippen molar-refractivity contribution in [3.8, 4) is 0 Å². The molecular formula is C9H5BrClNO3. The molecule has 1 heterocycles. The minimum atomic E-state index is -0.699. The van der Waals surface area contributed by atoms with Gasteiger partial charge in [0.2, 0.25) is 0 Å². The van der Waals surface area contributed by atoms with Crippen LogP contribution in [-0.2, 0) is 7.05 Å². The summed E-state index contributed by atoms with van der Waals surface area (Å²) in [5.74, 6) is -0.699. The van der Waals surface area contributed by atoms with E-state index >= 15 is 0 Å². The number of hydrogen-bond acceptors (Lipinski definition) is 3. The Kier molecular flexibility index (Phi) is 2.44. The summed E-state index contributed by atoms with van der Waals surface area (Å²) in [6, 6.07) is 3.08. The van der Waals surface area contributed by atoms with Crippen LogP contribution in [-0.4, -0.2) is 4.57 Å². The van der Waals surface area contributed by atoms with Crippen LogP contribution in [0.2, 0.25) is 5.02 Å². The molecule has 1 aromatic carbocycles. The van der Waals surface area contributed by atoms with Crippen LogP contribution in [0.25, 0.3) is 10.9 Å². The van der Waals surface area contributed by atoms with E-state index < -0.39 is 11.4 Å². The highest BCUT2D eigenvalue weighted by Gasteiger charge is 2.10. The lowest BCUT2D eigenvalue weighted by Gasteiger charge is -2.04. The quantitative estimate of drug-likeness (QED) is 0.745. The highest BCUT2D eigenvalue weighted by atomic mass is 79.9. The van der Waals surface area contributed by atoms with Crippen LogP contribution in [0.1, 0.15) is 0 Å². The Hall–Kier alpha value is -1.07. The van der Waals surface area contributed by atoms with Gasteiger partial charge in [-0.25, -0.2) is 9.59 Å². The van der Waals surface area contributed by atoms with Crippen molar-refractivity contribution in [3.63, 3.8) is 0 Å². The van der Waals surface area contributed by atoms with Crippen molar-refractivity contribution in [3.05, 3.63) is 42.6 Å². The van der Waals surface area contributed by atoms with Crippen molar-refractivity contribution < 1.29 is 4.42 Å². The van der Waals surface area contributed by atoms with Crippen LogP contribution in [0.3, 0.4) is 0 Å². The Morgan fingerprint density at radius 3 is 2.73 bits per heavy atom. The monoisotopic (exact) mass is 289 g/mol.